The van der Waals surface area contributed by atoms with Crippen LogP contribution in [0.25, 0.3) is 11.4 Å². The summed E-state index contributed by atoms with van der Waals surface area (Å²) in [4.78, 5) is 12.3. The molecule has 3 rings (SSSR count). The van der Waals surface area contributed by atoms with Gasteiger partial charge in [-0.15, -0.1) is 10.2 Å². The van der Waals surface area contributed by atoms with Gasteiger partial charge in [0.1, 0.15) is 5.75 Å². The van der Waals surface area contributed by atoms with Gasteiger partial charge in [0.2, 0.25) is 5.91 Å². The van der Waals surface area contributed by atoms with E-state index < -0.39 is 0 Å². The molecular weight excluding hydrogens is 360 g/mol. The van der Waals surface area contributed by atoms with Crippen molar-refractivity contribution in [3.8, 4) is 17.1 Å². The van der Waals surface area contributed by atoms with Crippen molar-refractivity contribution in [3.63, 3.8) is 0 Å². The number of thioether (sulfide) groups is 1. The van der Waals surface area contributed by atoms with Crippen molar-refractivity contribution >= 4 is 23.4 Å². The predicted octanol–water partition coefficient (Wildman–Crippen LogP) is 3.84. The van der Waals surface area contributed by atoms with Crippen molar-refractivity contribution in [1.82, 2.24) is 14.8 Å². The number of benzene rings is 2. The Kier molecular flexibility index (Phi) is 5.81. The molecule has 0 bridgehead atoms. The molecule has 0 aliphatic heterocycles. The van der Waals surface area contributed by atoms with Crippen LogP contribution >= 0.6 is 11.8 Å². The van der Waals surface area contributed by atoms with Gasteiger partial charge in [-0.3, -0.25) is 4.79 Å². The Morgan fingerprint density at radius 1 is 1.19 bits per heavy atom. The fourth-order valence-electron chi connectivity index (χ4n) is 2.70. The van der Waals surface area contributed by atoms with E-state index in [-0.39, 0.29) is 11.7 Å². The van der Waals surface area contributed by atoms with E-state index >= 15 is 0 Å². The third kappa shape index (κ3) is 4.49. The average molecular weight is 382 g/mol. The van der Waals surface area contributed by atoms with E-state index in [9.17, 15) is 4.79 Å². The summed E-state index contributed by atoms with van der Waals surface area (Å²) in [6.45, 7) is 3.98. The Morgan fingerprint density at radius 2 is 2.00 bits per heavy atom. The minimum absolute atomic E-state index is 0.0895. The molecule has 1 amide bonds. The number of aromatic nitrogens is 3. The molecule has 7 heteroatoms. The number of methoxy groups -OCH3 is 1. The molecule has 0 saturated heterocycles. The summed E-state index contributed by atoms with van der Waals surface area (Å²) in [7, 11) is 3.53. The first-order valence-electron chi connectivity index (χ1n) is 8.51. The van der Waals surface area contributed by atoms with Gasteiger partial charge in [0.15, 0.2) is 11.0 Å². The highest BCUT2D eigenvalue weighted by molar-refractivity contribution is 7.99. The maximum absolute atomic E-state index is 12.3. The van der Waals surface area contributed by atoms with Gasteiger partial charge in [-0.2, -0.15) is 0 Å². The Bertz CT molecular complexity index is 968. The molecule has 0 radical (unpaired) electrons. The SMILES string of the molecule is COc1ccc(NC(=O)CSc2nnc(-c3cccc(C)c3)n2C)c(C)c1. The zero-order valence-corrected chi connectivity index (χ0v) is 16.6. The lowest BCUT2D eigenvalue weighted by Gasteiger charge is -2.10. The Labute approximate surface area is 163 Å². The number of anilines is 1. The number of nitrogens with one attached hydrogen (secondary N) is 1. The van der Waals surface area contributed by atoms with Gasteiger partial charge in [-0.1, -0.05) is 35.5 Å². The van der Waals surface area contributed by atoms with E-state index in [2.05, 4.69) is 21.6 Å². The number of ether oxygens (including phenoxy) is 1. The molecule has 0 aliphatic rings. The van der Waals surface area contributed by atoms with Crippen molar-refractivity contribution < 1.29 is 9.53 Å². The monoisotopic (exact) mass is 382 g/mol. The zero-order valence-electron chi connectivity index (χ0n) is 15.8. The normalized spacial score (nSPS) is 10.7. The fourth-order valence-corrected chi connectivity index (χ4v) is 3.41. The topological polar surface area (TPSA) is 69.0 Å². The molecule has 140 valence electrons. The summed E-state index contributed by atoms with van der Waals surface area (Å²) >= 11 is 1.36. The molecule has 0 aliphatic carbocycles. The standard InChI is InChI=1S/C20H22N4O2S/c1-13-6-5-7-15(10-13)19-22-23-20(24(19)3)27-12-18(25)21-17-9-8-16(26-4)11-14(17)2/h5-11H,12H2,1-4H3,(H,21,25). The van der Waals surface area contributed by atoms with Gasteiger partial charge < -0.3 is 14.6 Å². The number of rotatable bonds is 6. The van der Waals surface area contributed by atoms with Crippen LogP contribution in [0.15, 0.2) is 47.6 Å². The molecule has 0 saturated carbocycles. The van der Waals surface area contributed by atoms with Gasteiger partial charge in [-0.05, 0) is 43.7 Å². The highest BCUT2D eigenvalue weighted by atomic mass is 32.2. The molecule has 6 nitrogen and oxygen atoms in total. The number of hydrogen-bond donors (Lipinski definition) is 1. The third-order valence-electron chi connectivity index (χ3n) is 4.15. The molecule has 1 aromatic heterocycles. The minimum atomic E-state index is -0.0895. The lowest BCUT2D eigenvalue weighted by atomic mass is 10.1. The number of hydrogen-bond acceptors (Lipinski definition) is 5. The predicted molar refractivity (Wildman–Crippen MR) is 108 cm³/mol. The first-order chi connectivity index (χ1) is 13.0. The maximum atomic E-state index is 12.3. The number of carbonyl (C=O) groups excluding carboxylic acids is 1. The van der Waals surface area contributed by atoms with E-state index in [1.165, 1.54) is 17.3 Å². The Morgan fingerprint density at radius 3 is 2.70 bits per heavy atom. The fraction of sp³-hybridized carbons (Fsp3) is 0.250. The minimum Gasteiger partial charge on any atom is -0.497 e. The first-order valence-corrected chi connectivity index (χ1v) is 9.50. The van der Waals surface area contributed by atoms with E-state index in [1.54, 1.807) is 7.11 Å². The van der Waals surface area contributed by atoms with E-state index in [1.807, 2.05) is 61.9 Å². The van der Waals surface area contributed by atoms with Crippen LogP contribution in [-0.4, -0.2) is 33.5 Å². The molecular formula is C20H22N4O2S. The van der Waals surface area contributed by atoms with Crippen LogP contribution in [0.1, 0.15) is 11.1 Å². The van der Waals surface area contributed by atoms with Crippen molar-refractivity contribution in [2.24, 2.45) is 7.05 Å². The van der Waals surface area contributed by atoms with Crippen LogP contribution in [0.5, 0.6) is 5.75 Å². The average Bonchev–Trinajstić information content (AvgIpc) is 3.02. The van der Waals surface area contributed by atoms with E-state index in [4.69, 9.17) is 4.74 Å². The Balaban J connectivity index is 1.64. The molecule has 0 atom stereocenters. The summed E-state index contributed by atoms with van der Waals surface area (Å²) < 4.78 is 7.09. The number of nitrogens with zero attached hydrogens (tertiary/aromatic N) is 3. The second-order valence-corrected chi connectivity index (χ2v) is 7.19. The van der Waals surface area contributed by atoms with Gasteiger partial charge in [0.25, 0.3) is 0 Å². The summed E-state index contributed by atoms with van der Waals surface area (Å²) in [5.41, 5.74) is 3.90. The summed E-state index contributed by atoms with van der Waals surface area (Å²) in [6.07, 6.45) is 0. The highest BCUT2D eigenvalue weighted by Crippen LogP contribution is 2.24. The van der Waals surface area contributed by atoms with Gasteiger partial charge >= 0.3 is 0 Å². The molecule has 27 heavy (non-hydrogen) atoms. The smallest absolute Gasteiger partial charge is 0.234 e. The maximum Gasteiger partial charge on any atom is 0.234 e. The number of aryl methyl sites for hydroxylation is 2. The highest BCUT2D eigenvalue weighted by Gasteiger charge is 2.13. The summed E-state index contributed by atoms with van der Waals surface area (Å²) in [5.74, 6) is 1.72. The molecule has 0 fully saturated rings. The van der Waals surface area contributed by atoms with Crippen LogP contribution in [0.2, 0.25) is 0 Å². The second kappa shape index (κ2) is 8.26. The van der Waals surface area contributed by atoms with E-state index in [0.29, 0.717) is 5.16 Å². The van der Waals surface area contributed by atoms with E-state index in [0.717, 1.165) is 28.4 Å². The van der Waals surface area contributed by atoms with Crippen molar-refractivity contribution in [3.05, 3.63) is 53.6 Å². The largest absolute Gasteiger partial charge is 0.497 e. The van der Waals surface area contributed by atoms with Crippen LogP contribution in [0, 0.1) is 13.8 Å². The van der Waals surface area contributed by atoms with Gasteiger partial charge in [0, 0.05) is 18.3 Å². The third-order valence-corrected chi connectivity index (χ3v) is 5.17. The molecule has 0 unspecified atom stereocenters. The summed E-state index contributed by atoms with van der Waals surface area (Å²) in [5, 5.41) is 12.1. The Hall–Kier alpha value is -2.80. The first kappa shape index (κ1) is 19.0. The lowest BCUT2D eigenvalue weighted by molar-refractivity contribution is -0.113. The number of carbonyl (C=O) groups is 1. The number of amides is 1. The molecule has 1 N–H and O–H groups in total. The van der Waals surface area contributed by atoms with Crippen molar-refractivity contribution in [1.29, 1.82) is 0 Å². The summed E-state index contributed by atoms with van der Waals surface area (Å²) in [6, 6.07) is 13.7. The quantitative estimate of drug-likeness (QED) is 0.656. The van der Waals surface area contributed by atoms with Crippen molar-refractivity contribution in [2.75, 3.05) is 18.2 Å². The zero-order chi connectivity index (χ0) is 19.4. The van der Waals surface area contributed by atoms with Crippen LogP contribution in [-0.2, 0) is 11.8 Å². The van der Waals surface area contributed by atoms with Crippen LogP contribution in [0.4, 0.5) is 5.69 Å². The molecule has 1 heterocycles. The van der Waals surface area contributed by atoms with Gasteiger partial charge in [0.05, 0.1) is 12.9 Å². The van der Waals surface area contributed by atoms with Crippen molar-refractivity contribution in [2.45, 2.75) is 19.0 Å². The lowest BCUT2D eigenvalue weighted by Crippen LogP contribution is -2.15. The van der Waals surface area contributed by atoms with Crippen LogP contribution < -0.4 is 10.1 Å². The molecule has 2 aromatic carbocycles. The van der Waals surface area contributed by atoms with Crippen LogP contribution in [0.3, 0.4) is 0 Å². The van der Waals surface area contributed by atoms with Gasteiger partial charge in [-0.25, -0.2) is 0 Å². The molecule has 3 aromatic rings. The second-order valence-electron chi connectivity index (χ2n) is 6.25. The molecule has 0 spiro atoms.